The van der Waals surface area contributed by atoms with Gasteiger partial charge in [-0.3, -0.25) is 4.79 Å². The molecule has 0 atom stereocenters. The fraction of sp³-hybridized carbons (Fsp3) is 0.444. The van der Waals surface area contributed by atoms with E-state index in [1.165, 1.54) is 11.1 Å². The minimum Gasteiger partial charge on any atom is -0.496 e. The van der Waals surface area contributed by atoms with E-state index in [-0.39, 0.29) is 0 Å². The van der Waals surface area contributed by atoms with Gasteiger partial charge in [0.2, 0.25) is 0 Å². The van der Waals surface area contributed by atoms with Gasteiger partial charge in [-0.1, -0.05) is 0 Å². The van der Waals surface area contributed by atoms with Crippen LogP contribution in [0.4, 0.5) is 0 Å². The standard InChI is InChI=1S/C9H11NO2/c11-4-8-6-12-5-7-3-10-2-1-9(7)8/h4,6,10H,1-3,5H2. The van der Waals surface area contributed by atoms with Gasteiger partial charge < -0.3 is 10.1 Å². The summed E-state index contributed by atoms with van der Waals surface area (Å²) in [5.41, 5.74) is 3.14. The predicted octanol–water partition coefficient (Wildman–Crippen LogP) is 0.389. The van der Waals surface area contributed by atoms with E-state index in [1.807, 2.05) is 0 Å². The summed E-state index contributed by atoms with van der Waals surface area (Å²) >= 11 is 0. The minimum atomic E-state index is 0.639. The van der Waals surface area contributed by atoms with Crippen molar-refractivity contribution in [1.29, 1.82) is 0 Å². The summed E-state index contributed by atoms with van der Waals surface area (Å²) in [4.78, 5) is 10.6. The van der Waals surface area contributed by atoms with E-state index >= 15 is 0 Å². The molecular weight excluding hydrogens is 154 g/mol. The molecule has 1 N–H and O–H groups in total. The third kappa shape index (κ3) is 1.16. The Hall–Kier alpha value is -1.09. The lowest BCUT2D eigenvalue weighted by Gasteiger charge is -2.24. The van der Waals surface area contributed by atoms with Crippen LogP contribution in [-0.2, 0) is 9.53 Å². The lowest BCUT2D eigenvalue weighted by molar-refractivity contribution is -0.104. The summed E-state index contributed by atoms with van der Waals surface area (Å²) in [6.07, 6.45) is 3.39. The molecule has 0 aromatic carbocycles. The lowest BCUT2D eigenvalue weighted by Crippen LogP contribution is -2.29. The molecule has 2 rings (SSSR count). The molecule has 0 saturated heterocycles. The first kappa shape index (κ1) is 7.55. The van der Waals surface area contributed by atoms with Crippen LogP contribution in [0.5, 0.6) is 0 Å². The predicted molar refractivity (Wildman–Crippen MR) is 44.6 cm³/mol. The third-order valence-electron chi connectivity index (χ3n) is 2.26. The Balaban J connectivity index is 2.32. The van der Waals surface area contributed by atoms with Gasteiger partial charge in [0.15, 0.2) is 6.29 Å². The van der Waals surface area contributed by atoms with Crippen molar-refractivity contribution >= 4 is 6.29 Å². The van der Waals surface area contributed by atoms with Crippen LogP contribution in [0.2, 0.25) is 0 Å². The zero-order valence-corrected chi connectivity index (χ0v) is 6.80. The molecule has 0 amide bonds. The molecule has 0 unspecified atom stereocenters. The number of hydrogen-bond acceptors (Lipinski definition) is 3. The second kappa shape index (κ2) is 3.11. The van der Waals surface area contributed by atoms with Crippen molar-refractivity contribution < 1.29 is 9.53 Å². The molecule has 12 heavy (non-hydrogen) atoms. The Morgan fingerprint density at radius 3 is 3.33 bits per heavy atom. The molecule has 2 aliphatic rings. The molecule has 3 heteroatoms. The minimum absolute atomic E-state index is 0.639. The molecule has 0 aliphatic carbocycles. The number of carbonyl (C=O) groups excluding carboxylic acids is 1. The number of carbonyl (C=O) groups is 1. The molecular formula is C9H11NO2. The summed E-state index contributed by atoms with van der Waals surface area (Å²) in [6, 6.07) is 0. The molecule has 0 fully saturated rings. The molecule has 2 aliphatic heterocycles. The number of nitrogens with one attached hydrogen (secondary N) is 1. The van der Waals surface area contributed by atoms with Crippen LogP contribution in [-0.4, -0.2) is 26.0 Å². The van der Waals surface area contributed by atoms with E-state index in [0.29, 0.717) is 6.61 Å². The first-order valence-corrected chi connectivity index (χ1v) is 4.11. The van der Waals surface area contributed by atoms with Crippen LogP contribution in [0, 0.1) is 0 Å². The zero-order valence-electron chi connectivity index (χ0n) is 6.80. The Morgan fingerprint density at radius 1 is 1.58 bits per heavy atom. The van der Waals surface area contributed by atoms with Gasteiger partial charge in [-0.25, -0.2) is 0 Å². The van der Waals surface area contributed by atoms with Crippen molar-refractivity contribution in [2.24, 2.45) is 0 Å². The SMILES string of the molecule is O=CC1=COCC2=C1CCNC2. The maximum absolute atomic E-state index is 10.6. The average molecular weight is 165 g/mol. The van der Waals surface area contributed by atoms with Gasteiger partial charge in [-0.2, -0.15) is 0 Å². The molecule has 0 aromatic rings. The molecule has 0 saturated carbocycles. The summed E-state index contributed by atoms with van der Waals surface area (Å²) in [6.45, 7) is 2.46. The summed E-state index contributed by atoms with van der Waals surface area (Å²) < 4.78 is 5.15. The Labute approximate surface area is 71.1 Å². The molecule has 64 valence electrons. The third-order valence-corrected chi connectivity index (χ3v) is 2.26. The first-order valence-electron chi connectivity index (χ1n) is 4.11. The van der Waals surface area contributed by atoms with Gasteiger partial charge in [0.1, 0.15) is 6.61 Å². The molecule has 0 spiro atoms. The highest BCUT2D eigenvalue weighted by Crippen LogP contribution is 2.23. The number of aldehydes is 1. The number of allylic oxidation sites excluding steroid dienone is 1. The zero-order chi connectivity index (χ0) is 8.39. The highest BCUT2D eigenvalue weighted by atomic mass is 16.5. The van der Waals surface area contributed by atoms with Gasteiger partial charge in [0, 0.05) is 6.54 Å². The fourth-order valence-electron chi connectivity index (χ4n) is 1.62. The maximum atomic E-state index is 10.6. The second-order valence-electron chi connectivity index (χ2n) is 3.01. The Morgan fingerprint density at radius 2 is 2.50 bits per heavy atom. The van der Waals surface area contributed by atoms with Crippen molar-refractivity contribution in [3.63, 3.8) is 0 Å². The molecule has 2 heterocycles. The summed E-state index contributed by atoms with van der Waals surface area (Å²) in [7, 11) is 0. The summed E-state index contributed by atoms with van der Waals surface area (Å²) in [5, 5.41) is 3.25. The van der Waals surface area contributed by atoms with Gasteiger partial charge in [-0.15, -0.1) is 0 Å². The van der Waals surface area contributed by atoms with E-state index in [0.717, 1.165) is 31.4 Å². The second-order valence-corrected chi connectivity index (χ2v) is 3.01. The van der Waals surface area contributed by atoms with Gasteiger partial charge in [0.05, 0.1) is 11.8 Å². The van der Waals surface area contributed by atoms with Crippen LogP contribution in [0.3, 0.4) is 0 Å². The molecule has 0 aromatic heterocycles. The maximum Gasteiger partial charge on any atom is 0.153 e. The molecule has 0 radical (unpaired) electrons. The smallest absolute Gasteiger partial charge is 0.153 e. The van der Waals surface area contributed by atoms with Crippen molar-refractivity contribution in [1.82, 2.24) is 5.32 Å². The van der Waals surface area contributed by atoms with Crippen LogP contribution in [0.1, 0.15) is 6.42 Å². The topological polar surface area (TPSA) is 38.3 Å². The van der Waals surface area contributed by atoms with Crippen LogP contribution >= 0.6 is 0 Å². The Kier molecular flexibility index (Phi) is 1.96. The lowest BCUT2D eigenvalue weighted by atomic mass is 9.95. The van der Waals surface area contributed by atoms with E-state index in [4.69, 9.17) is 4.74 Å². The Bertz CT molecular complexity index is 266. The van der Waals surface area contributed by atoms with E-state index < -0.39 is 0 Å². The number of hydrogen-bond donors (Lipinski definition) is 1. The number of rotatable bonds is 1. The number of ether oxygens (including phenoxy) is 1. The van der Waals surface area contributed by atoms with Gasteiger partial charge >= 0.3 is 0 Å². The van der Waals surface area contributed by atoms with Crippen molar-refractivity contribution in [3.05, 3.63) is 23.0 Å². The average Bonchev–Trinajstić information content (AvgIpc) is 2.17. The largest absolute Gasteiger partial charge is 0.496 e. The molecule has 0 bridgehead atoms. The van der Waals surface area contributed by atoms with Crippen molar-refractivity contribution in [3.8, 4) is 0 Å². The summed E-state index contributed by atoms with van der Waals surface area (Å²) in [5.74, 6) is 0. The van der Waals surface area contributed by atoms with Gasteiger partial charge in [0.25, 0.3) is 0 Å². The van der Waals surface area contributed by atoms with Crippen LogP contribution in [0.15, 0.2) is 23.0 Å². The quantitative estimate of drug-likeness (QED) is 0.571. The van der Waals surface area contributed by atoms with Gasteiger partial charge in [-0.05, 0) is 24.1 Å². The first-order chi connectivity index (χ1) is 5.92. The van der Waals surface area contributed by atoms with E-state index in [1.54, 1.807) is 6.26 Å². The van der Waals surface area contributed by atoms with Crippen LogP contribution < -0.4 is 5.32 Å². The van der Waals surface area contributed by atoms with Crippen molar-refractivity contribution in [2.75, 3.05) is 19.7 Å². The van der Waals surface area contributed by atoms with Crippen LogP contribution in [0.25, 0.3) is 0 Å². The van der Waals surface area contributed by atoms with E-state index in [2.05, 4.69) is 5.32 Å². The fourth-order valence-corrected chi connectivity index (χ4v) is 1.62. The van der Waals surface area contributed by atoms with Crippen molar-refractivity contribution in [2.45, 2.75) is 6.42 Å². The highest BCUT2D eigenvalue weighted by Gasteiger charge is 2.18. The van der Waals surface area contributed by atoms with E-state index in [9.17, 15) is 4.79 Å². The molecule has 3 nitrogen and oxygen atoms in total. The normalized spacial score (nSPS) is 22.5. The highest BCUT2D eigenvalue weighted by molar-refractivity contribution is 5.80. The monoisotopic (exact) mass is 165 g/mol.